The fourth-order valence-electron chi connectivity index (χ4n) is 2.71. The van der Waals surface area contributed by atoms with Gasteiger partial charge in [-0.2, -0.15) is 0 Å². The van der Waals surface area contributed by atoms with Gasteiger partial charge in [0.05, 0.1) is 0 Å². The van der Waals surface area contributed by atoms with E-state index in [9.17, 15) is 14.0 Å². The number of benzene rings is 1. The number of carbonyl (C=O) groups is 2. The Kier molecular flexibility index (Phi) is 6.64. The number of halogens is 1. The molecule has 2 amide bonds. The largest absolute Gasteiger partial charge is 0.349 e. The lowest BCUT2D eigenvalue weighted by molar-refractivity contribution is -0.128. The highest BCUT2D eigenvalue weighted by Gasteiger charge is 2.38. The second-order valence-corrected chi connectivity index (χ2v) is 8.03. The van der Waals surface area contributed by atoms with Crippen LogP contribution in [0.1, 0.15) is 63.1 Å². The summed E-state index contributed by atoms with van der Waals surface area (Å²) in [4.78, 5) is 27.7. The zero-order chi connectivity index (χ0) is 20.2. The van der Waals surface area contributed by atoms with Gasteiger partial charge in [0.25, 0.3) is 5.91 Å². The predicted molar refractivity (Wildman–Crippen MR) is 103 cm³/mol. The second-order valence-electron chi connectivity index (χ2n) is 7.42. The van der Waals surface area contributed by atoms with Gasteiger partial charge in [0.1, 0.15) is 11.9 Å². The SMILES string of the molecule is CC[C@H](C)N(C(=O)c1csnn1)[C@@H](C(=O)NC(C)(C)C)c1ccccc1F. The maximum atomic E-state index is 14.6. The summed E-state index contributed by atoms with van der Waals surface area (Å²) in [6, 6.07) is 4.60. The number of hydrogen-bond acceptors (Lipinski definition) is 5. The van der Waals surface area contributed by atoms with Crippen LogP contribution in [0.15, 0.2) is 29.6 Å². The normalized spacial score (nSPS) is 13.7. The minimum absolute atomic E-state index is 0.144. The highest BCUT2D eigenvalue weighted by Crippen LogP contribution is 2.29. The van der Waals surface area contributed by atoms with Gasteiger partial charge in [-0.05, 0) is 51.7 Å². The van der Waals surface area contributed by atoms with E-state index >= 15 is 0 Å². The van der Waals surface area contributed by atoms with Gasteiger partial charge in [-0.15, -0.1) is 5.10 Å². The number of nitrogens with one attached hydrogen (secondary N) is 1. The Bertz CT molecular complexity index is 789. The van der Waals surface area contributed by atoms with Gasteiger partial charge in [-0.3, -0.25) is 9.59 Å². The summed E-state index contributed by atoms with van der Waals surface area (Å²) in [6.45, 7) is 9.25. The topological polar surface area (TPSA) is 75.2 Å². The third kappa shape index (κ3) is 5.09. The van der Waals surface area contributed by atoms with Crippen molar-refractivity contribution in [2.75, 3.05) is 0 Å². The van der Waals surface area contributed by atoms with Crippen LogP contribution in [0.4, 0.5) is 4.39 Å². The number of rotatable bonds is 6. The van der Waals surface area contributed by atoms with Crippen LogP contribution in [0.5, 0.6) is 0 Å². The lowest BCUT2D eigenvalue weighted by Gasteiger charge is -2.37. The summed E-state index contributed by atoms with van der Waals surface area (Å²) in [7, 11) is 0. The van der Waals surface area contributed by atoms with Crippen LogP contribution in [-0.2, 0) is 4.79 Å². The van der Waals surface area contributed by atoms with Crippen LogP contribution in [0.3, 0.4) is 0 Å². The molecular formula is C19H25FN4O2S. The Balaban J connectivity index is 2.58. The maximum absolute atomic E-state index is 14.6. The van der Waals surface area contributed by atoms with Gasteiger partial charge >= 0.3 is 0 Å². The zero-order valence-corrected chi connectivity index (χ0v) is 17.0. The van der Waals surface area contributed by atoms with Crippen molar-refractivity contribution < 1.29 is 14.0 Å². The third-order valence-corrected chi connectivity index (χ3v) is 4.61. The van der Waals surface area contributed by atoms with E-state index in [0.29, 0.717) is 6.42 Å². The van der Waals surface area contributed by atoms with Crippen LogP contribution in [0, 0.1) is 5.82 Å². The van der Waals surface area contributed by atoms with Crippen molar-refractivity contribution in [1.82, 2.24) is 19.8 Å². The van der Waals surface area contributed by atoms with Crippen LogP contribution in [0.2, 0.25) is 0 Å². The molecule has 0 aliphatic heterocycles. The fraction of sp³-hybridized carbons (Fsp3) is 0.474. The lowest BCUT2D eigenvalue weighted by atomic mass is 9.98. The smallest absolute Gasteiger partial charge is 0.276 e. The van der Waals surface area contributed by atoms with E-state index in [-0.39, 0.29) is 17.3 Å². The van der Waals surface area contributed by atoms with Gasteiger partial charge in [0, 0.05) is 22.5 Å². The first kappa shape index (κ1) is 21.0. The quantitative estimate of drug-likeness (QED) is 0.815. The molecule has 1 aromatic carbocycles. The van der Waals surface area contributed by atoms with Crippen molar-refractivity contribution in [2.45, 2.75) is 58.7 Å². The first-order valence-electron chi connectivity index (χ1n) is 8.82. The zero-order valence-electron chi connectivity index (χ0n) is 16.2. The molecule has 0 bridgehead atoms. The molecule has 0 aliphatic rings. The minimum Gasteiger partial charge on any atom is -0.349 e. The molecule has 1 aromatic heterocycles. The number of aromatic nitrogens is 2. The summed E-state index contributed by atoms with van der Waals surface area (Å²) < 4.78 is 18.4. The highest BCUT2D eigenvalue weighted by atomic mass is 32.1. The van der Waals surface area contributed by atoms with Crippen LogP contribution < -0.4 is 5.32 Å². The molecular weight excluding hydrogens is 367 g/mol. The van der Waals surface area contributed by atoms with Crippen LogP contribution >= 0.6 is 11.5 Å². The van der Waals surface area contributed by atoms with Crippen LogP contribution in [0.25, 0.3) is 0 Å². The predicted octanol–water partition coefficient (Wildman–Crippen LogP) is 3.57. The highest BCUT2D eigenvalue weighted by molar-refractivity contribution is 7.03. The number of carbonyl (C=O) groups excluding carboxylic acids is 2. The molecule has 0 saturated heterocycles. The van der Waals surface area contributed by atoms with Crippen molar-refractivity contribution in [1.29, 1.82) is 0 Å². The maximum Gasteiger partial charge on any atom is 0.276 e. The summed E-state index contributed by atoms with van der Waals surface area (Å²) in [5, 5.41) is 8.24. The third-order valence-electron chi connectivity index (χ3n) is 4.10. The Morgan fingerprint density at radius 2 is 1.96 bits per heavy atom. The van der Waals surface area contributed by atoms with Crippen molar-refractivity contribution in [3.05, 3.63) is 46.7 Å². The van der Waals surface area contributed by atoms with Gasteiger partial charge in [-0.1, -0.05) is 29.6 Å². The Morgan fingerprint density at radius 1 is 1.30 bits per heavy atom. The van der Waals surface area contributed by atoms with Gasteiger partial charge in [0.15, 0.2) is 5.69 Å². The van der Waals surface area contributed by atoms with Crippen molar-refractivity contribution >= 4 is 23.3 Å². The number of amides is 2. The molecule has 0 unspecified atom stereocenters. The van der Waals surface area contributed by atoms with Gasteiger partial charge < -0.3 is 10.2 Å². The molecule has 1 heterocycles. The Labute approximate surface area is 162 Å². The average Bonchev–Trinajstić information content (AvgIpc) is 3.12. The molecule has 0 spiro atoms. The first-order chi connectivity index (χ1) is 12.7. The van der Waals surface area contributed by atoms with E-state index in [0.717, 1.165) is 11.5 Å². The van der Waals surface area contributed by atoms with Crippen molar-refractivity contribution in [3.8, 4) is 0 Å². The Morgan fingerprint density at radius 3 is 2.48 bits per heavy atom. The number of hydrogen-bond donors (Lipinski definition) is 1. The summed E-state index contributed by atoms with van der Waals surface area (Å²) >= 11 is 1.05. The second kappa shape index (κ2) is 8.56. The Hall–Kier alpha value is -2.35. The van der Waals surface area contributed by atoms with E-state index in [1.807, 2.05) is 34.6 Å². The van der Waals surface area contributed by atoms with Crippen molar-refractivity contribution in [2.24, 2.45) is 0 Å². The molecule has 1 N–H and O–H groups in total. The molecule has 0 radical (unpaired) electrons. The molecule has 6 nitrogen and oxygen atoms in total. The first-order valence-corrected chi connectivity index (χ1v) is 9.65. The molecule has 2 aromatic rings. The molecule has 146 valence electrons. The van der Waals surface area contributed by atoms with E-state index in [1.54, 1.807) is 12.1 Å². The summed E-state index contributed by atoms with van der Waals surface area (Å²) in [5.41, 5.74) is -0.242. The standard InChI is InChI=1S/C19H25FN4O2S/c1-6-12(2)24(18(26)15-11-27-23-22-15)16(17(25)21-19(3,4)5)13-9-7-8-10-14(13)20/h7-12,16H,6H2,1-5H3,(H,21,25)/t12-,16+/m0/s1. The van der Waals surface area contributed by atoms with E-state index < -0.39 is 29.2 Å². The van der Waals surface area contributed by atoms with Crippen LogP contribution in [-0.4, -0.2) is 37.9 Å². The average molecular weight is 393 g/mol. The molecule has 2 atom stereocenters. The van der Waals surface area contributed by atoms with E-state index in [4.69, 9.17) is 0 Å². The molecule has 0 aliphatic carbocycles. The molecule has 27 heavy (non-hydrogen) atoms. The van der Waals surface area contributed by atoms with E-state index in [1.165, 1.54) is 22.4 Å². The van der Waals surface area contributed by atoms with E-state index in [2.05, 4.69) is 14.9 Å². The fourth-order valence-corrected chi connectivity index (χ4v) is 3.14. The van der Waals surface area contributed by atoms with Gasteiger partial charge in [0.2, 0.25) is 5.91 Å². The number of nitrogens with zero attached hydrogens (tertiary/aromatic N) is 3. The van der Waals surface area contributed by atoms with Crippen molar-refractivity contribution in [3.63, 3.8) is 0 Å². The lowest BCUT2D eigenvalue weighted by Crippen LogP contribution is -2.51. The molecule has 2 rings (SSSR count). The summed E-state index contributed by atoms with van der Waals surface area (Å²) in [5.74, 6) is -1.43. The van der Waals surface area contributed by atoms with Gasteiger partial charge in [-0.25, -0.2) is 4.39 Å². The molecule has 0 fully saturated rings. The summed E-state index contributed by atoms with van der Waals surface area (Å²) in [6.07, 6.45) is 0.594. The minimum atomic E-state index is -1.12. The molecule has 0 saturated carbocycles. The monoisotopic (exact) mass is 392 g/mol. The molecule has 8 heteroatoms.